The van der Waals surface area contributed by atoms with Gasteiger partial charge in [-0.2, -0.15) is 0 Å². The van der Waals surface area contributed by atoms with E-state index in [1.165, 1.54) is 0 Å². The van der Waals surface area contributed by atoms with Crippen molar-refractivity contribution in [2.24, 2.45) is 0 Å². The van der Waals surface area contributed by atoms with Crippen molar-refractivity contribution in [1.82, 2.24) is 14.3 Å². The number of aryl methyl sites for hydroxylation is 1. The first-order chi connectivity index (χ1) is 9.47. The number of hydrogen-bond donors (Lipinski definition) is 1. The van der Waals surface area contributed by atoms with Crippen molar-refractivity contribution < 1.29 is 9.90 Å². The summed E-state index contributed by atoms with van der Waals surface area (Å²) in [6.45, 7) is 8.21. The summed E-state index contributed by atoms with van der Waals surface area (Å²) in [5.74, 6) is -1.01. The summed E-state index contributed by atoms with van der Waals surface area (Å²) in [6.07, 6.45) is 1.72. The van der Waals surface area contributed by atoms with Crippen LogP contribution >= 0.6 is 11.6 Å². The highest BCUT2D eigenvalue weighted by molar-refractivity contribution is 6.30. The van der Waals surface area contributed by atoms with E-state index < -0.39 is 5.97 Å². The standard InChI is InChI=1S/C14H18ClN3O2/c1-4-17(5-2)8-11-12(14(19)20)16-13-9(3)6-10(15)7-18(11)13/h6-7H,4-5,8H2,1-3H3,(H,19,20). The minimum Gasteiger partial charge on any atom is -0.476 e. The van der Waals surface area contributed by atoms with Crippen LogP contribution in [0.4, 0.5) is 0 Å². The molecule has 1 N–H and O–H groups in total. The van der Waals surface area contributed by atoms with Crippen molar-refractivity contribution in [3.8, 4) is 0 Å². The molecule has 0 aliphatic rings. The summed E-state index contributed by atoms with van der Waals surface area (Å²) >= 11 is 6.08. The molecular weight excluding hydrogens is 278 g/mol. The molecule has 0 radical (unpaired) electrons. The van der Waals surface area contributed by atoms with Crippen molar-refractivity contribution in [3.05, 3.63) is 34.2 Å². The monoisotopic (exact) mass is 295 g/mol. The molecule has 0 spiro atoms. The van der Waals surface area contributed by atoms with Crippen LogP contribution in [0, 0.1) is 6.92 Å². The normalized spacial score (nSPS) is 11.4. The fourth-order valence-electron chi connectivity index (χ4n) is 2.30. The van der Waals surface area contributed by atoms with Crippen LogP contribution in [0.2, 0.25) is 5.02 Å². The van der Waals surface area contributed by atoms with E-state index >= 15 is 0 Å². The van der Waals surface area contributed by atoms with E-state index in [1.54, 1.807) is 16.7 Å². The summed E-state index contributed by atoms with van der Waals surface area (Å²) in [4.78, 5) is 17.8. The molecular formula is C14H18ClN3O2. The van der Waals surface area contributed by atoms with Gasteiger partial charge in [0.1, 0.15) is 5.65 Å². The van der Waals surface area contributed by atoms with E-state index in [-0.39, 0.29) is 5.69 Å². The Morgan fingerprint density at radius 2 is 2.10 bits per heavy atom. The van der Waals surface area contributed by atoms with Gasteiger partial charge >= 0.3 is 5.97 Å². The molecule has 0 aliphatic carbocycles. The Bertz CT molecular complexity index is 647. The van der Waals surface area contributed by atoms with Gasteiger partial charge in [-0.25, -0.2) is 9.78 Å². The van der Waals surface area contributed by atoms with E-state index in [0.717, 1.165) is 18.7 Å². The first-order valence-electron chi connectivity index (χ1n) is 6.60. The van der Waals surface area contributed by atoms with Crippen LogP contribution in [0.1, 0.15) is 35.6 Å². The highest BCUT2D eigenvalue weighted by Crippen LogP contribution is 2.21. The quantitative estimate of drug-likeness (QED) is 0.921. The minimum atomic E-state index is -1.01. The number of carboxylic acids is 1. The van der Waals surface area contributed by atoms with E-state index in [4.69, 9.17) is 11.6 Å². The van der Waals surface area contributed by atoms with Crippen molar-refractivity contribution >= 4 is 23.2 Å². The van der Waals surface area contributed by atoms with Crippen LogP contribution < -0.4 is 0 Å². The number of carbonyl (C=O) groups is 1. The van der Waals surface area contributed by atoms with Crippen LogP contribution in [0.25, 0.3) is 5.65 Å². The average molecular weight is 296 g/mol. The third-order valence-electron chi connectivity index (χ3n) is 3.44. The van der Waals surface area contributed by atoms with Gasteiger partial charge in [-0.3, -0.25) is 4.90 Å². The van der Waals surface area contributed by atoms with E-state index in [2.05, 4.69) is 9.88 Å². The number of hydrogen-bond acceptors (Lipinski definition) is 3. The lowest BCUT2D eigenvalue weighted by atomic mass is 10.3. The molecule has 0 unspecified atom stereocenters. The summed E-state index contributed by atoms with van der Waals surface area (Å²) in [6, 6.07) is 1.79. The second kappa shape index (κ2) is 5.81. The van der Waals surface area contributed by atoms with Crippen LogP contribution in [-0.4, -0.2) is 38.4 Å². The number of rotatable bonds is 5. The maximum absolute atomic E-state index is 11.4. The molecule has 6 heteroatoms. The van der Waals surface area contributed by atoms with Crippen molar-refractivity contribution in [2.45, 2.75) is 27.3 Å². The highest BCUT2D eigenvalue weighted by atomic mass is 35.5. The van der Waals surface area contributed by atoms with Gasteiger partial charge in [-0.05, 0) is 31.6 Å². The molecule has 20 heavy (non-hydrogen) atoms. The molecule has 0 atom stereocenters. The Morgan fingerprint density at radius 3 is 2.65 bits per heavy atom. The summed E-state index contributed by atoms with van der Waals surface area (Å²) < 4.78 is 1.79. The SMILES string of the molecule is CCN(CC)Cc1c(C(=O)O)nc2c(C)cc(Cl)cn12. The topological polar surface area (TPSA) is 57.8 Å². The third-order valence-corrected chi connectivity index (χ3v) is 3.65. The maximum atomic E-state index is 11.4. The molecule has 2 rings (SSSR count). The predicted octanol–water partition coefficient (Wildman–Crippen LogP) is 2.84. The lowest BCUT2D eigenvalue weighted by Gasteiger charge is -2.18. The predicted molar refractivity (Wildman–Crippen MR) is 78.5 cm³/mol. The molecule has 0 saturated carbocycles. The van der Waals surface area contributed by atoms with E-state index in [1.807, 2.05) is 20.8 Å². The van der Waals surface area contributed by atoms with Gasteiger partial charge in [0.2, 0.25) is 0 Å². The average Bonchev–Trinajstić information content (AvgIpc) is 2.75. The maximum Gasteiger partial charge on any atom is 0.356 e. The number of pyridine rings is 1. The Labute approximate surface area is 122 Å². The smallest absolute Gasteiger partial charge is 0.356 e. The van der Waals surface area contributed by atoms with E-state index in [9.17, 15) is 9.90 Å². The van der Waals surface area contributed by atoms with Crippen molar-refractivity contribution in [1.29, 1.82) is 0 Å². The van der Waals surface area contributed by atoms with Crippen LogP contribution in [0.3, 0.4) is 0 Å². The van der Waals surface area contributed by atoms with Crippen LogP contribution in [-0.2, 0) is 6.54 Å². The molecule has 0 amide bonds. The second-order valence-electron chi connectivity index (χ2n) is 4.71. The fourth-order valence-corrected chi connectivity index (χ4v) is 2.56. The molecule has 0 aromatic carbocycles. The van der Waals surface area contributed by atoms with Gasteiger partial charge in [0, 0.05) is 12.7 Å². The zero-order valence-corrected chi connectivity index (χ0v) is 12.6. The Balaban J connectivity index is 2.65. The number of nitrogens with zero attached hydrogens (tertiary/aromatic N) is 3. The number of halogens is 1. The van der Waals surface area contributed by atoms with Gasteiger partial charge in [-0.1, -0.05) is 25.4 Å². The van der Waals surface area contributed by atoms with Gasteiger partial charge in [0.15, 0.2) is 5.69 Å². The van der Waals surface area contributed by atoms with Crippen LogP contribution in [0.15, 0.2) is 12.3 Å². The molecule has 2 heterocycles. The third kappa shape index (κ3) is 2.64. The first kappa shape index (κ1) is 14.8. The molecule has 0 fully saturated rings. The fraction of sp³-hybridized carbons (Fsp3) is 0.429. The molecule has 108 valence electrons. The summed E-state index contributed by atoms with van der Waals surface area (Å²) in [7, 11) is 0. The first-order valence-corrected chi connectivity index (χ1v) is 6.98. The number of carboxylic acid groups (broad SMARTS) is 1. The number of aromatic carboxylic acids is 1. The van der Waals surface area contributed by atoms with E-state index in [0.29, 0.717) is 22.9 Å². The molecule has 0 aliphatic heterocycles. The molecule has 5 nitrogen and oxygen atoms in total. The number of imidazole rings is 1. The summed E-state index contributed by atoms with van der Waals surface area (Å²) in [5, 5.41) is 9.93. The highest BCUT2D eigenvalue weighted by Gasteiger charge is 2.20. The largest absolute Gasteiger partial charge is 0.476 e. The van der Waals surface area contributed by atoms with Gasteiger partial charge in [0.25, 0.3) is 0 Å². The Kier molecular flexibility index (Phi) is 4.30. The lowest BCUT2D eigenvalue weighted by Crippen LogP contribution is -2.24. The van der Waals surface area contributed by atoms with Gasteiger partial charge in [0.05, 0.1) is 10.7 Å². The molecule has 0 bridgehead atoms. The lowest BCUT2D eigenvalue weighted by molar-refractivity contribution is 0.0688. The number of aromatic nitrogens is 2. The molecule has 0 saturated heterocycles. The Hall–Kier alpha value is -1.59. The van der Waals surface area contributed by atoms with Crippen molar-refractivity contribution in [3.63, 3.8) is 0 Å². The summed E-state index contributed by atoms with van der Waals surface area (Å²) in [5.41, 5.74) is 2.28. The van der Waals surface area contributed by atoms with Crippen LogP contribution in [0.5, 0.6) is 0 Å². The minimum absolute atomic E-state index is 0.0993. The van der Waals surface area contributed by atoms with Crippen molar-refractivity contribution in [2.75, 3.05) is 13.1 Å². The second-order valence-corrected chi connectivity index (χ2v) is 5.15. The Morgan fingerprint density at radius 1 is 1.45 bits per heavy atom. The molecule has 2 aromatic heterocycles. The number of fused-ring (bicyclic) bond motifs is 1. The zero-order valence-electron chi connectivity index (χ0n) is 11.9. The zero-order chi connectivity index (χ0) is 14.9. The van der Waals surface area contributed by atoms with Gasteiger partial charge in [-0.15, -0.1) is 0 Å². The molecule has 2 aromatic rings. The van der Waals surface area contributed by atoms with Gasteiger partial charge < -0.3 is 9.51 Å².